The zero-order valence-electron chi connectivity index (χ0n) is 14.6. The van der Waals surface area contributed by atoms with Crippen LogP contribution in [0, 0.1) is 0 Å². The molecule has 0 aliphatic carbocycles. The number of carbonyl (C=O) groups is 1. The van der Waals surface area contributed by atoms with Gasteiger partial charge in [0.25, 0.3) is 0 Å². The molecular formula is C22H17HgNO3. The topological polar surface area (TPSA) is 70.4 Å². The number of phenolic OH excluding ortho intramolecular Hbond substituents is 1. The molecule has 0 bridgehead atoms. The van der Waals surface area contributed by atoms with Crippen LogP contribution in [0.5, 0.6) is 5.75 Å². The summed E-state index contributed by atoms with van der Waals surface area (Å²) in [5, 5.41) is 18.8. The van der Waals surface area contributed by atoms with Gasteiger partial charge in [-0.1, -0.05) is 18.2 Å². The van der Waals surface area contributed by atoms with Crippen molar-refractivity contribution < 1.29 is 39.6 Å². The number of aromatic nitrogens is 1. The Labute approximate surface area is 169 Å². The fourth-order valence-electron chi connectivity index (χ4n) is 2.68. The number of carboxylic acid groups (broad SMARTS) is 1. The summed E-state index contributed by atoms with van der Waals surface area (Å²) in [6.45, 7) is 0. The van der Waals surface area contributed by atoms with Gasteiger partial charge in [-0.2, -0.15) is 0 Å². The molecule has 27 heavy (non-hydrogen) atoms. The van der Waals surface area contributed by atoms with Gasteiger partial charge in [0, 0.05) is 5.39 Å². The Balaban J connectivity index is 0.000000156. The second-order valence-electron chi connectivity index (χ2n) is 6.00. The van der Waals surface area contributed by atoms with E-state index in [-0.39, 0.29) is 11.4 Å². The van der Waals surface area contributed by atoms with Gasteiger partial charge in [-0.25, -0.2) is 9.78 Å². The summed E-state index contributed by atoms with van der Waals surface area (Å²) in [6.07, 6.45) is 0. The van der Waals surface area contributed by atoms with Crippen LogP contribution in [0.3, 0.4) is 0 Å². The number of benzene rings is 3. The molecule has 0 amide bonds. The molecule has 3 aromatic carbocycles. The number of para-hydroxylation sites is 1. The molecule has 1 aromatic heterocycles. The van der Waals surface area contributed by atoms with E-state index in [1.807, 2.05) is 0 Å². The fraction of sp³-hybridized carbons (Fsp3) is 0. The molecule has 0 saturated heterocycles. The number of hydrogen-bond acceptors (Lipinski definition) is 3. The Hall–Kier alpha value is -2.72. The van der Waals surface area contributed by atoms with E-state index in [2.05, 4.69) is 65.6 Å². The minimum absolute atomic E-state index is 0.00870. The molecule has 0 radical (unpaired) electrons. The van der Waals surface area contributed by atoms with Crippen LogP contribution >= 0.6 is 0 Å². The van der Waals surface area contributed by atoms with E-state index < -0.39 is 30.5 Å². The first kappa shape index (κ1) is 19.0. The minimum atomic E-state index is -1.10. The van der Waals surface area contributed by atoms with Gasteiger partial charge in [-0.05, 0) is 12.1 Å². The standard InChI is InChI=1S/C10H7NO3.2C6H5.Hg/c12-8-3-1-2-6-4-5-7(10(13)14)11-9(6)8;2*1-2-4-6-5-3-1;/h1-5,12H,(H,13,14);2*1-5H;. The van der Waals surface area contributed by atoms with Gasteiger partial charge < -0.3 is 10.2 Å². The van der Waals surface area contributed by atoms with Crippen molar-refractivity contribution in [2.45, 2.75) is 0 Å². The van der Waals surface area contributed by atoms with Crippen LogP contribution in [0.1, 0.15) is 10.5 Å². The predicted octanol–water partition coefficient (Wildman–Crippen LogP) is 3.36. The normalized spacial score (nSPS) is 9.78. The molecular weight excluding hydrogens is 527 g/mol. The second-order valence-corrected chi connectivity index (χ2v) is 13.7. The summed E-state index contributed by atoms with van der Waals surface area (Å²) in [5.74, 6) is -1.11. The summed E-state index contributed by atoms with van der Waals surface area (Å²) in [4.78, 5) is 14.4. The van der Waals surface area contributed by atoms with Gasteiger partial charge in [0.05, 0.1) is 0 Å². The number of fused-ring (bicyclic) bond motifs is 1. The van der Waals surface area contributed by atoms with Crippen molar-refractivity contribution in [3.05, 3.63) is 96.7 Å². The molecule has 0 atom stereocenters. The molecule has 0 spiro atoms. The summed E-state index contributed by atoms with van der Waals surface area (Å²) < 4.78 is 3.18. The molecule has 4 nitrogen and oxygen atoms in total. The van der Waals surface area contributed by atoms with Crippen molar-refractivity contribution >= 4 is 23.0 Å². The van der Waals surface area contributed by atoms with Crippen molar-refractivity contribution in [1.29, 1.82) is 0 Å². The third-order valence-corrected chi connectivity index (χ3v) is 10.9. The van der Waals surface area contributed by atoms with Gasteiger partial charge >= 0.3 is 97.4 Å². The monoisotopic (exact) mass is 545 g/mol. The maximum atomic E-state index is 10.6. The maximum absolute atomic E-state index is 10.6. The summed E-state index contributed by atoms with van der Waals surface area (Å²) in [5.41, 5.74) is 0.242. The number of pyridine rings is 1. The zero-order valence-corrected chi connectivity index (χ0v) is 20.1. The van der Waals surface area contributed by atoms with Gasteiger partial charge in [-0.3, -0.25) is 0 Å². The van der Waals surface area contributed by atoms with E-state index in [1.54, 1.807) is 24.3 Å². The van der Waals surface area contributed by atoms with Crippen LogP contribution in [0.25, 0.3) is 10.9 Å². The Morgan fingerprint density at radius 2 is 1.33 bits per heavy atom. The van der Waals surface area contributed by atoms with Gasteiger partial charge in [0.1, 0.15) is 17.0 Å². The van der Waals surface area contributed by atoms with E-state index in [1.165, 1.54) is 12.1 Å². The second kappa shape index (κ2) is 9.28. The van der Waals surface area contributed by atoms with Crippen LogP contribution in [-0.4, -0.2) is 21.2 Å². The number of aromatic hydroxyl groups is 1. The molecule has 4 aromatic rings. The van der Waals surface area contributed by atoms with Gasteiger partial charge in [-0.15, -0.1) is 0 Å². The Morgan fingerprint density at radius 1 is 0.741 bits per heavy atom. The van der Waals surface area contributed by atoms with E-state index in [0.29, 0.717) is 5.52 Å². The third-order valence-electron chi connectivity index (χ3n) is 4.01. The van der Waals surface area contributed by atoms with E-state index in [9.17, 15) is 9.90 Å². The molecule has 0 unspecified atom stereocenters. The van der Waals surface area contributed by atoms with Crippen molar-refractivity contribution in [2.24, 2.45) is 0 Å². The first-order valence-corrected chi connectivity index (χ1v) is 14.0. The van der Waals surface area contributed by atoms with Gasteiger partial charge in [0.2, 0.25) is 0 Å². The summed E-state index contributed by atoms with van der Waals surface area (Å²) >= 11 is -0.992. The molecule has 5 heteroatoms. The Morgan fingerprint density at radius 3 is 1.89 bits per heavy atom. The summed E-state index contributed by atoms with van der Waals surface area (Å²) in [7, 11) is 0. The molecule has 0 aliphatic rings. The van der Waals surface area contributed by atoms with Crippen LogP contribution in [0.15, 0.2) is 91.0 Å². The average molecular weight is 544 g/mol. The zero-order chi connectivity index (χ0) is 19.1. The number of aromatic carboxylic acids is 1. The van der Waals surface area contributed by atoms with E-state index in [4.69, 9.17) is 5.11 Å². The molecule has 0 fully saturated rings. The Bertz CT molecular complexity index is 1000. The van der Waals surface area contributed by atoms with Crippen molar-refractivity contribution in [2.75, 3.05) is 0 Å². The third kappa shape index (κ3) is 5.37. The molecule has 130 valence electrons. The first-order chi connectivity index (χ1) is 13.1. The number of rotatable bonds is 3. The van der Waals surface area contributed by atoms with Crippen molar-refractivity contribution in [3.8, 4) is 5.75 Å². The van der Waals surface area contributed by atoms with Crippen molar-refractivity contribution in [3.63, 3.8) is 0 Å². The molecule has 0 aliphatic heterocycles. The number of nitrogens with zero attached hydrogens (tertiary/aromatic N) is 1. The van der Waals surface area contributed by atoms with Crippen LogP contribution in [0.2, 0.25) is 0 Å². The van der Waals surface area contributed by atoms with Crippen LogP contribution in [0.4, 0.5) is 0 Å². The number of phenols is 1. The quantitative estimate of drug-likeness (QED) is 0.389. The molecule has 0 saturated carbocycles. The Kier molecular flexibility index (Phi) is 6.55. The molecule has 2 N–H and O–H groups in total. The van der Waals surface area contributed by atoms with Crippen LogP contribution in [-0.2, 0) is 24.6 Å². The molecule has 4 rings (SSSR count). The number of hydrogen-bond donors (Lipinski definition) is 2. The predicted molar refractivity (Wildman–Crippen MR) is 103 cm³/mol. The average Bonchev–Trinajstić information content (AvgIpc) is 2.70. The fourth-order valence-corrected chi connectivity index (χ4v) is 8.46. The van der Waals surface area contributed by atoms with E-state index >= 15 is 0 Å². The molecule has 1 heterocycles. The first-order valence-electron chi connectivity index (χ1n) is 8.53. The van der Waals surface area contributed by atoms with Crippen molar-refractivity contribution in [1.82, 2.24) is 4.98 Å². The van der Waals surface area contributed by atoms with E-state index in [0.717, 1.165) is 5.39 Å². The van der Waals surface area contributed by atoms with Crippen LogP contribution < -0.4 is 6.14 Å². The SMILES string of the molecule is O=C(O)c1ccc2cccc(O)c2n1.c1cc[c]([Hg][c]2ccccc2)cc1. The summed E-state index contributed by atoms with van der Waals surface area (Å²) in [6, 6.07) is 29.7. The number of carboxylic acids is 1. The van der Waals surface area contributed by atoms with Gasteiger partial charge in [0.15, 0.2) is 0 Å².